The van der Waals surface area contributed by atoms with Crippen LogP contribution in [0.5, 0.6) is 0 Å². The number of nitrogens with one attached hydrogen (secondary N) is 1. The maximum atomic E-state index is 5.40. The molecular formula is C15H19NO. The SMILES string of the molecule is CCNC(c1cccc(C)c1)c1coc(C)c1. The predicted molar refractivity (Wildman–Crippen MR) is 70.1 cm³/mol. The summed E-state index contributed by atoms with van der Waals surface area (Å²) < 4.78 is 5.40. The molecule has 0 fully saturated rings. The Kier molecular flexibility index (Phi) is 3.64. The fourth-order valence-corrected chi connectivity index (χ4v) is 2.10. The summed E-state index contributed by atoms with van der Waals surface area (Å²) >= 11 is 0. The summed E-state index contributed by atoms with van der Waals surface area (Å²) in [6.45, 7) is 7.15. The van der Waals surface area contributed by atoms with Crippen molar-refractivity contribution in [2.45, 2.75) is 26.8 Å². The van der Waals surface area contributed by atoms with Crippen molar-refractivity contribution < 1.29 is 4.42 Å². The number of hydrogen-bond acceptors (Lipinski definition) is 2. The summed E-state index contributed by atoms with van der Waals surface area (Å²) in [5, 5.41) is 3.50. The average molecular weight is 229 g/mol. The van der Waals surface area contributed by atoms with Crippen LogP contribution in [0.25, 0.3) is 0 Å². The van der Waals surface area contributed by atoms with Crippen LogP contribution in [-0.4, -0.2) is 6.54 Å². The second-order valence-electron chi connectivity index (χ2n) is 4.40. The van der Waals surface area contributed by atoms with E-state index in [0.29, 0.717) is 0 Å². The maximum Gasteiger partial charge on any atom is 0.101 e. The molecule has 2 rings (SSSR count). The first kappa shape index (κ1) is 11.9. The molecule has 1 heterocycles. The van der Waals surface area contributed by atoms with Crippen molar-refractivity contribution in [2.75, 3.05) is 6.54 Å². The highest BCUT2D eigenvalue weighted by molar-refractivity contribution is 5.33. The third-order valence-electron chi connectivity index (χ3n) is 2.87. The van der Waals surface area contributed by atoms with Crippen LogP contribution in [0.3, 0.4) is 0 Å². The first-order valence-electron chi connectivity index (χ1n) is 6.05. The molecule has 1 N–H and O–H groups in total. The van der Waals surface area contributed by atoms with Crippen LogP contribution in [-0.2, 0) is 0 Å². The van der Waals surface area contributed by atoms with Crippen LogP contribution in [0.15, 0.2) is 41.0 Å². The Balaban J connectivity index is 2.35. The summed E-state index contributed by atoms with van der Waals surface area (Å²) in [6, 6.07) is 10.9. The Morgan fingerprint density at radius 3 is 2.59 bits per heavy atom. The van der Waals surface area contributed by atoms with E-state index in [4.69, 9.17) is 4.42 Å². The van der Waals surface area contributed by atoms with Crippen LogP contribution in [0.2, 0.25) is 0 Å². The Hall–Kier alpha value is -1.54. The van der Waals surface area contributed by atoms with Crippen LogP contribution in [0.4, 0.5) is 0 Å². The molecule has 17 heavy (non-hydrogen) atoms. The number of hydrogen-bond donors (Lipinski definition) is 1. The summed E-state index contributed by atoms with van der Waals surface area (Å²) in [5.74, 6) is 0.954. The lowest BCUT2D eigenvalue weighted by Gasteiger charge is -2.17. The highest BCUT2D eigenvalue weighted by Crippen LogP contribution is 2.24. The molecule has 0 saturated carbocycles. The molecule has 0 radical (unpaired) electrons. The molecule has 0 aliphatic carbocycles. The van der Waals surface area contributed by atoms with E-state index in [1.807, 2.05) is 13.2 Å². The highest BCUT2D eigenvalue weighted by atomic mass is 16.3. The summed E-state index contributed by atoms with van der Waals surface area (Å²) in [4.78, 5) is 0. The first-order chi connectivity index (χ1) is 8.20. The molecule has 90 valence electrons. The lowest BCUT2D eigenvalue weighted by molar-refractivity contribution is 0.525. The molecule has 1 aromatic carbocycles. The molecule has 1 atom stereocenters. The van der Waals surface area contributed by atoms with Crippen molar-refractivity contribution in [1.29, 1.82) is 0 Å². The topological polar surface area (TPSA) is 25.2 Å². The Morgan fingerprint density at radius 1 is 1.18 bits per heavy atom. The number of rotatable bonds is 4. The van der Waals surface area contributed by atoms with Gasteiger partial charge in [0.1, 0.15) is 5.76 Å². The normalized spacial score (nSPS) is 12.6. The van der Waals surface area contributed by atoms with Crippen LogP contribution in [0.1, 0.15) is 35.4 Å². The quantitative estimate of drug-likeness (QED) is 0.866. The zero-order valence-electron chi connectivity index (χ0n) is 10.7. The van der Waals surface area contributed by atoms with Crippen molar-refractivity contribution in [1.82, 2.24) is 5.32 Å². The fraction of sp³-hybridized carbons (Fsp3) is 0.333. The first-order valence-corrected chi connectivity index (χ1v) is 6.05. The zero-order chi connectivity index (χ0) is 12.3. The molecule has 2 nitrogen and oxygen atoms in total. The van der Waals surface area contributed by atoms with E-state index in [-0.39, 0.29) is 6.04 Å². The molecule has 0 bridgehead atoms. The zero-order valence-corrected chi connectivity index (χ0v) is 10.7. The molecule has 1 unspecified atom stereocenters. The van der Waals surface area contributed by atoms with Crippen molar-refractivity contribution in [2.24, 2.45) is 0 Å². The van der Waals surface area contributed by atoms with Gasteiger partial charge in [-0.3, -0.25) is 0 Å². The van der Waals surface area contributed by atoms with E-state index in [0.717, 1.165) is 12.3 Å². The van der Waals surface area contributed by atoms with Crippen molar-refractivity contribution in [3.05, 3.63) is 59.0 Å². The third kappa shape index (κ3) is 2.77. The van der Waals surface area contributed by atoms with Crippen LogP contribution in [0, 0.1) is 13.8 Å². The molecular weight excluding hydrogens is 210 g/mol. The Labute approximate surface area is 103 Å². The smallest absolute Gasteiger partial charge is 0.101 e. The largest absolute Gasteiger partial charge is 0.469 e. The molecule has 0 spiro atoms. The minimum absolute atomic E-state index is 0.220. The lowest BCUT2D eigenvalue weighted by atomic mass is 9.99. The van der Waals surface area contributed by atoms with Gasteiger partial charge in [-0.1, -0.05) is 36.8 Å². The highest BCUT2D eigenvalue weighted by Gasteiger charge is 2.14. The van der Waals surface area contributed by atoms with Gasteiger partial charge in [0.05, 0.1) is 12.3 Å². The summed E-state index contributed by atoms with van der Waals surface area (Å²) in [5.41, 5.74) is 3.76. The van der Waals surface area contributed by atoms with Gasteiger partial charge in [-0.05, 0) is 32.0 Å². The molecule has 2 aromatic rings. The van der Waals surface area contributed by atoms with E-state index in [1.54, 1.807) is 0 Å². The minimum atomic E-state index is 0.220. The minimum Gasteiger partial charge on any atom is -0.469 e. The third-order valence-corrected chi connectivity index (χ3v) is 2.87. The van der Waals surface area contributed by atoms with Crippen LogP contribution >= 0.6 is 0 Å². The van der Waals surface area contributed by atoms with Gasteiger partial charge in [-0.25, -0.2) is 0 Å². The molecule has 0 aliphatic rings. The van der Waals surface area contributed by atoms with Crippen molar-refractivity contribution in [3.63, 3.8) is 0 Å². The molecule has 2 heteroatoms. The standard InChI is InChI=1S/C15H19NO/c1-4-16-15(14-9-12(3)17-10-14)13-7-5-6-11(2)8-13/h5-10,15-16H,4H2,1-3H3. The summed E-state index contributed by atoms with van der Waals surface area (Å²) in [7, 11) is 0. The molecule has 0 aliphatic heterocycles. The van der Waals surface area contributed by atoms with Crippen molar-refractivity contribution >= 4 is 0 Å². The van der Waals surface area contributed by atoms with Gasteiger partial charge in [-0.15, -0.1) is 0 Å². The van der Waals surface area contributed by atoms with Gasteiger partial charge < -0.3 is 9.73 Å². The van der Waals surface area contributed by atoms with Gasteiger partial charge >= 0.3 is 0 Å². The fourth-order valence-electron chi connectivity index (χ4n) is 2.10. The summed E-state index contributed by atoms with van der Waals surface area (Å²) in [6.07, 6.45) is 1.84. The van der Waals surface area contributed by atoms with Crippen LogP contribution < -0.4 is 5.32 Å². The van der Waals surface area contributed by atoms with Gasteiger partial charge in [0.2, 0.25) is 0 Å². The van der Waals surface area contributed by atoms with E-state index < -0.39 is 0 Å². The Morgan fingerprint density at radius 2 is 2.00 bits per heavy atom. The average Bonchev–Trinajstić information content (AvgIpc) is 2.72. The lowest BCUT2D eigenvalue weighted by Crippen LogP contribution is -2.21. The van der Waals surface area contributed by atoms with E-state index in [1.165, 1.54) is 16.7 Å². The number of aryl methyl sites for hydroxylation is 2. The molecule has 1 aromatic heterocycles. The van der Waals surface area contributed by atoms with Gasteiger partial charge in [0, 0.05) is 5.56 Å². The second kappa shape index (κ2) is 5.19. The van der Waals surface area contributed by atoms with Gasteiger partial charge in [0.25, 0.3) is 0 Å². The van der Waals surface area contributed by atoms with Crippen molar-refractivity contribution in [3.8, 4) is 0 Å². The van der Waals surface area contributed by atoms with E-state index in [9.17, 15) is 0 Å². The maximum absolute atomic E-state index is 5.40. The van der Waals surface area contributed by atoms with E-state index >= 15 is 0 Å². The van der Waals surface area contributed by atoms with E-state index in [2.05, 4.69) is 49.5 Å². The Bertz CT molecular complexity index is 487. The number of furan rings is 1. The number of benzene rings is 1. The molecule has 0 amide bonds. The molecule has 0 saturated heterocycles. The monoisotopic (exact) mass is 229 g/mol. The second-order valence-corrected chi connectivity index (χ2v) is 4.40. The predicted octanol–water partition coefficient (Wildman–Crippen LogP) is 3.60. The van der Waals surface area contributed by atoms with Gasteiger partial charge in [-0.2, -0.15) is 0 Å². The van der Waals surface area contributed by atoms with Gasteiger partial charge in [0.15, 0.2) is 0 Å².